The largest absolute Gasteiger partial charge is 0.349 e. The number of benzene rings is 1. The van der Waals surface area contributed by atoms with E-state index in [1.54, 1.807) is 12.4 Å². The van der Waals surface area contributed by atoms with Crippen LogP contribution in [0.25, 0.3) is 5.69 Å². The Kier molecular flexibility index (Phi) is 5.05. The third kappa shape index (κ3) is 4.10. The van der Waals surface area contributed by atoms with Crippen molar-refractivity contribution in [1.29, 1.82) is 0 Å². The summed E-state index contributed by atoms with van der Waals surface area (Å²) in [6.45, 7) is 2.49. The van der Waals surface area contributed by atoms with Crippen molar-refractivity contribution in [1.82, 2.24) is 25.1 Å². The van der Waals surface area contributed by atoms with E-state index in [0.29, 0.717) is 19.4 Å². The standard InChI is InChI=1S/C18H21N5O/c1-2-15-11-19-17(22-15)12-20-18(24)9-8-14-10-21-23(13-14)16-6-4-3-5-7-16/h3-7,10-11,13H,2,8-9,12H2,1H3,(H,19,22)(H,20,24). The maximum Gasteiger partial charge on any atom is 0.220 e. The smallest absolute Gasteiger partial charge is 0.220 e. The topological polar surface area (TPSA) is 75.6 Å². The average Bonchev–Trinajstić information content (AvgIpc) is 3.28. The van der Waals surface area contributed by atoms with E-state index in [-0.39, 0.29) is 5.91 Å². The van der Waals surface area contributed by atoms with Crippen molar-refractivity contribution in [3.63, 3.8) is 0 Å². The number of aromatic amines is 1. The summed E-state index contributed by atoms with van der Waals surface area (Å²) in [7, 11) is 0. The van der Waals surface area contributed by atoms with Crippen LogP contribution >= 0.6 is 0 Å². The maximum absolute atomic E-state index is 12.0. The lowest BCUT2D eigenvalue weighted by Crippen LogP contribution is -2.23. The van der Waals surface area contributed by atoms with E-state index in [0.717, 1.165) is 29.2 Å². The van der Waals surface area contributed by atoms with Crippen LogP contribution < -0.4 is 5.32 Å². The van der Waals surface area contributed by atoms with Gasteiger partial charge < -0.3 is 10.3 Å². The zero-order valence-electron chi connectivity index (χ0n) is 13.7. The Morgan fingerprint density at radius 2 is 2.08 bits per heavy atom. The minimum absolute atomic E-state index is 0.0110. The first-order valence-corrected chi connectivity index (χ1v) is 8.13. The molecule has 1 aromatic carbocycles. The molecule has 0 radical (unpaired) electrons. The van der Waals surface area contributed by atoms with E-state index in [2.05, 4.69) is 27.3 Å². The van der Waals surface area contributed by atoms with E-state index in [1.807, 2.05) is 41.2 Å². The van der Waals surface area contributed by atoms with E-state index < -0.39 is 0 Å². The highest BCUT2D eigenvalue weighted by molar-refractivity contribution is 5.76. The number of rotatable bonds is 7. The van der Waals surface area contributed by atoms with Crippen LogP contribution in [-0.4, -0.2) is 25.7 Å². The molecule has 0 bridgehead atoms. The third-order valence-electron chi connectivity index (χ3n) is 3.81. The second kappa shape index (κ2) is 7.59. The zero-order chi connectivity index (χ0) is 16.8. The summed E-state index contributed by atoms with van der Waals surface area (Å²) < 4.78 is 1.82. The SMILES string of the molecule is CCc1cnc(CNC(=O)CCc2cnn(-c3ccccc3)c2)[nH]1. The molecule has 2 N–H and O–H groups in total. The molecule has 6 heteroatoms. The number of para-hydroxylation sites is 1. The number of hydrogen-bond acceptors (Lipinski definition) is 3. The Morgan fingerprint density at radius 3 is 2.83 bits per heavy atom. The number of nitrogens with one attached hydrogen (secondary N) is 2. The van der Waals surface area contributed by atoms with Crippen molar-refractivity contribution in [2.45, 2.75) is 32.7 Å². The molecule has 0 aliphatic heterocycles. The molecule has 6 nitrogen and oxygen atoms in total. The molecule has 0 aliphatic rings. The van der Waals surface area contributed by atoms with Crippen molar-refractivity contribution in [2.75, 3.05) is 0 Å². The van der Waals surface area contributed by atoms with Gasteiger partial charge in [0.2, 0.25) is 5.91 Å². The second-order valence-electron chi connectivity index (χ2n) is 5.61. The highest BCUT2D eigenvalue weighted by Gasteiger charge is 2.06. The van der Waals surface area contributed by atoms with Gasteiger partial charge in [-0.3, -0.25) is 4.79 Å². The number of amides is 1. The molecule has 0 spiro atoms. The summed E-state index contributed by atoms with van der Waals surface area (Å²) >= 11 is 0. The van der Waals surface area contributed by atoms with Gasteiger partial charge in [-0.15, -0.1) is 0 Å². The predicted molar refractivity (Wildman–Crippen MR) is 91.7 cm³/mol. The molecule has 0 unspecified atom stereocenters. The van der Waals surface area contributed by atoms with Gasteiger partial charge in [-0.25, -0.2) is 9.67 Å². The fraction of sp³-hybridized carbons (Fsp3) is 0.278. The summed E-state index contributed by atoms with van der Waals surface area (Å²) in [6.07, 6.45) is 7.58. The van der Waals surface area contributed by atoms with Crippen molar-refractivity contribution >= 4 is 5.91 Å². The van der Waals surface area contributed by atoms with Gasteiger partial charge in [0.1, 0.15) is 5.82 Å². The molecule has 0 fully saturated rings. The molecular formula is C18H21N5O. The van der Waals surface area contributed by atoms with Crippen molar-refractivity contribution in [2.24, 2.45) is 0 Å². The number of carbonyl (C=O) groups excluding carboxylic acids is 1. The van der Waals surface area contributed by atoms with Gasteiger partial charge in [-0.1, -0.05) is 25.1 Å². The maximum atomic E-state index is 12.0. The summed E-state index contributed by atoms with van der Waals surface area (Å²) in [5.41, 5.74) is 3.13. The van der Waals surface area contributed by atoms with Gasteiger partial charge >= 0.3 is 0 Å². The molecule has 24 heavy (non-hydrogen) atoms. The normalized spacial score (nSPS) is 10.7. The van der Waals surface area contributed by atoms with Crippen LogP contribution in [0.4, 0.5) is 0 Å². The van der Waals surface area contributed by atoms with Crippen LogP contribution in [0.5, 0.6) is 0 Å². The summed E-state index contributed by atoms with van der Waals surface area (Å²) in [4.78, 5) is 19.4. The Hall–Kier alpha value is -2.89. The van der Waals surface area contributed by atoms with E-state index in [9.17, 15) is 4.79 Å². The zero-order valence-corrected chi connectivity index (χ0v) is 13.7. The number of H-pyrrole nitrogens is 1. The van der Waals surface area contributed by atoms with Gasteiger partial charge in [0.25, 0.3) is 0 Å². The molecule has 124 valence electrons. The van der Waals surface area contributed by atoms with Crippen molar-refractivity contribution in [3.8, 4) is 5.69 Å². The lowest BCUT2D eigenvalue weighted by atomic mass is 10.2. The lowest BCUT2D eigenvalue weighted by molar-refractivity contribution is -0.121. The first-order chi connectivity index (χ1) is 11.7. The van der Waals surface area contributed by atoms with Gasteiger partial charge in [-0.2, -0.15) is 5.10 Å². The number of hydrogen-bond donors (Lipinski definition) is 2. The highest BCUT2D eigenvalue weighted by atomic mass is 16.1. The van der Waals surface area contributed by atoms with Crippen molar-refractivity contribution < 1.29 is 4.79 Å². The minimum Gasteiger partial charge on any atom is -0.349 e. The molecule has 0 aliphatic carbocycles. The molecule has 3 rings (SSSR count). The first kappa shape index (κ1) is 16.0. The van der Waals surface area contributed by atoms with Crippen LogP contribution in [0.3, 0.4) is 0 Å². The number of aryl methyl sites for hydroxylation is 2. The van der Waals surface area contributed by atoms with Crippen molar-refractivity contribution in [3.05, 3.63) is 66.0 Å². The molecule has 0 saturated heterocycles. The molecule has 0 saturated carbocycles. The van der Waals surface area contributed by atoms with Crippen LogP contribution in [-0.2, 0) is 24.2 Å². The molecule has 1 amide bonds. The van der Waals surface area contributed by atoms with Gasteiger partial charge in [0.05, 0.1) is 18.4 Å². The molecular weight excluding hydrogens is 302 g/mol. The summed E-state index contributed by atoms with van der Waals surface area (Å²) in [6, 6.07) is 9.92. The van der Waals surface area contributed by atoms with Crippen LogP contribution in [0, 0.1) is 0 Å². The van der Waals surface area contributed by atoms with E-state index in [1.165, 1.54) is 0 Å². The van der Waals surface area contributed by atoms with Gasteiger partial charge in [0.15, 0.2) is 0 Å². The van der Waals surface area contributed by atoms with E-state index in [4.69, 9.17) is 0 Å². The fourth-order valence-corrected chi connectivity index (χ4v) is 2.41. The lowest BCUT2D eigenvalue weighted by Gasteiger charge is -2.02. The Bertz CT molecular complexity index is 791. The monoisotopic (exact) mass is 323 g/mol. The quantitative estimate of drug-likeness (QED) is 0.701. The molecule has 3 aromatic rings. The van der Waals surface area contributed by atoms with Gasteiger partial charge in [-0.05, 0) is 30.5 Å². The Morgan fingerprint density at radius 1 is 1.25 bits per heavy atom. The predicted octanol–water partition coefficient (Wildman–Crippen LogP) is 2.41. The Balaban J connectivity index is 1.47. The van der Waals surface area contributed by atoms with E-state index >= 15 is 0 Å². The number of carbonyl (C=O) groups is 1. The number of imidazole rings is 1. The Labute approximate surface area is 140 Å². The fourth-order valence-electron chi connectivity index (χ4n) is 2.41. The first-order valence-electron chi connectivity index (χ1n) is 8.13. The van der Waals surface area contributed by atoms with Gasteiger partial charge in [0, 0.05) is 24.5 Å². The molecule has 2 aromatic heterocycles. The second-order valence-corrected chi connectivity index (χ2v) is 5.61. The number of aromatic nitrogens is 4. The average molecular weight is 323 g/mol. The molecule has 2 heterocycles. The van der Waals surface area contributed by atoms with Crippen LogP contribution in [0.1, 0.15) is 30.4 Å². The number of nitrogens with zero attached hydrogens (tertiary/aromatic N) is 3. The molecule has 0 atom stereocenters. The van der Waals surface area contributed by atoms with Crippen LogP contribution in [0.15, 0.2) is 48.9 Å². The minimum atomic E-state index is 0.0110. The summed E-state index contributed by atoms with van der Waals surface area (Å²) in [5, 5.41) is 7.23. The summed E-state index contributed by atoms with van der Waals surface area (Å²) in [5.74, 6) is 0.800. The van der Waals surface area contributed by atoms with Crippen LogP contribution in [0.2, 0.25) is 0 Å². The highest BCUT2D eigenvalue weighted by Crippen LogP contribution is 2.09. The third-order valence-corrected chi connectivity index (χ3v) is 3.81.